The highest BCUT2D eigenvalue weighted by Crippen LogP contribution is 2.44. The first-order valence-electron chi connectivity index (χ1n) is 12.2. The molecule has 3 aliphatic carbocycles. The van der Waals surface area contributed by atoms with E-state index in [2.05, 4.69) is 34.9 Å². The minimum Gasteiger partial charge on any atom is -0.481 e. The number of carbonyl (C=O) groups is 3. The SMILES string of the molecule is O=C(N[C@@H]1CCC[C@@H]1C(=O)N[C@@H]1CC[C@H](C(=O)O)C1)OCC1c2ccccc2-c2ccccc21. The Morgan fingerprint density at radius 2 is 1.56 bits per heavy atom. The summed E-state index contributed by atoms with van der Waals surface area (Å²) in [5.41, 5.74) is 4.67. The van der Waals surface area contributed by atoms with Gasteiger partial charge in [-0.3, -0.25) is 9.59 Å². The van der Waals surface area contributed by atoms with Gasteiger partial charge in [0.25, 0.3) is 0 Å². The molecule has 0 heterocycles. The van der Waals surface area contributed by atoms with Gasteiger partial charge < -0.3 is 20.5 Å². The van der Waals surface area contributed by atoms with Crippen molar-refractivity contribution in [2.24, 2.45) is 11.8 Å². The van der Waals surface area contributed by atoms with Gasteiger partial charge in [0, 0.05) is 18.0 Å². The molecule has 0 saturated heterocycles. The molecular weight excluding hydrogens is 432 g/mol. The minimum absolute atomic E-state index is 0.00892. The van der Waals surface area contributed by atoms with E-state index >= 15 is 0 Å². The van der Waals surface area contributed by atoms with E-state index in [1.807, 2.05) is 24.3 Å². The van der Waals surface area contributed by atoms with Gasteiger partial charge in [0.2, 0.25) is 5.91 Å². The Morgan fingerprint density at radius 3 is 2.21 bits per heavy atom. The van der Waals surface area contributed by atoms with Crippen molar-refractivity contribution in [3.63, 3.8) is 0 Å². The first kappa shape index (κ1) is 22.4. The summed E-state index contributed by atoms with van der Waals surface area (Å²) in [5, 5.41) is 15.1. The lowest BCUT2D eigenvalue weighted by atomic mass is 9.98. The molecular formula is C27H30N2O5. The number of benzene rings is 2. The molecule has 7 nitrogen and oxygen atoms in total. The zero-order valence-corrected chi connectivity index (χ0v) is 19.0. The number of ether oxygens (including phenoxy) is 1. The van der Waals surface area contributed by atoms with Crippen molar-refractivity contribution in [2.45, 2.75) is 56.5 Å². The number of aliphatic carboxylic acids is 1. The number of alkyl carbamates (subject to hydrolysis) is 1. The predicted molar refractivity (Wildman–Crippen MR) is 126 cm³/mol. The summed E-state index contributed by atoms with van der Waals surface area (Å²) in [6, 6.07) is 16.0. The molecule has 0 aromatic heterocycles. The number of carboxylic acids is 1. The molecule has 0 aliphatic heterocycles. The van der Waals surface area contributed by atoms with Crippen molar-refractivity contribution in [1.82, 2.24) is 10.6 Å². The van der Waals surface area contributed by atoms with Crippen LogP contribution in [0.2, 0.25) is 0 Å². The predicted octanol–water partition coefficient (Wildman–Crippen LogP) is 4.06. The van der Waals surface area contributed by atoms with Gasteiger partial charge >= 0.3 is 12.1 Å². The van der Waals surface area contributed by atoms with Crippen LogP contribution in [-0.2, 0) is 14.3 Å². The Kier molecular flexibility index (Phi) is 6.26. The summed E-state index contributed by atoms with van der Waals surface area (Å²) >= 11 is 0. The monoisotopic (exact) mass is 462 g/mol. The van der Waals surface area contributed by atoms with Crippen LogP contribution in [0.3, 0.4) is 0 Å². The summed E-state index contributed by atoms with van der Waals surface area (Å²) in [4.78, 5) is 36.7. The summed E-state index contributed by atoms with van der Waals surface area (Å²) in [7, 11) is 0. The van der Waals surface area contributed by atoms with Crippen molar-refractivity contribution in [3.05, 3.63) is 59.7 Å². The van der Waals surface area contributed by atoms with Crippen LogP contribution >= 0.6 is 0 Å². The molecule has 2 fully saturated rings. The molecule has 0 radical (unpaired) electrons. The third kappa shape index (κ3) is 4.39. The zero-order chi connectivity index (χ0) is 23.7. The van der Waals surface area contributed by atoms with Crippen molar-refractivity contribution in [3.8, 4) is 11.1 Å². The smallest absolute Gasteiger partial charge is 0.407 e. The Hall–Kier alpha value is -3.35. The van der Waals surface area contributed by atoms with E-state index in [1.165, 1.54) is 11.1 Å². The lowest BCUT2D eigenvalue weighted by molar-refractivity contribution is -0.141. The highest BCUT2D eigenvalue weighted by atomic mass is 16.5. The van der Waals surface area contributed by atoms with E-state index in [0.29, 0.717) is 25.7 Å². The summed E-state index contributed by atoms with van der Waals surface area (Å²) in [5.74, 6) is -1.61. The van der Waals surface area contributed by atoms with Crippen molar-refractivity contribution in [1.29, 1.82) is 0 Å². The minimum atomic E-state index is -0.799. The lowest BCUT2D eigenvalue weighted by Crippen LogP contribution is -2.46. The number of hydrogen-bond donors (Lipinski definition) is 3. The number of carboxylic acid groups (broad SMARTS) is 1. The van der Waals surface area contributed by atoms with E-state index in [4.69, 9.17) is 4.74 Å². The Bertz CT molecular complexity index is 1050. The van der Waals surface area contributed by atoms with Crippen LogP contribution in [0.25, 0.3) is 11.1 Å². The molecule has 4 atom stereocenters. The second kappa shape index (κ2) is 9.49. The molecule has 2 saturated carbocycles. The molecule has 178 valence electrons. The van der Waals surface area contributed by atoms with Gasteiger partial charge in [-0.05, 0) is 54.4 Å². The highest BCUT2D eigenvalue weighted by Gasteiger charge is 2.37. The Morgan fingerprint density at radius 1 is 0.882 bits per heavy atom. The fourth-order valence-electron chi connectivity index (χ4n) is 5.88. The topological polar surface area (TPSA) is 105 Å². The Balaban J connectivity index is 1.17. The largest absolute Gasteiger partial charge is 0.481 e. The van der Waals surface area contributed by atoms with Crippen molar-refractivity contribution in [2.75, 3.05) is 6.61 Å². The van der Waals surface area contributed by atoms with E-state index in [-0.39, 0.29) is 42.4 Å². The van der Waals surface area contributed by atoms with Crippen molar-refractivity contribution < 1.29 is 24.2 Å². The normalized spacial score (nSPS) is 25.4. The average molecular weight is 463 g/mol. The highest BCUT2D eigenvalue weighted by molar-refractivity contribution is 5.82. The summed E-state index contributed by atoms with van der Waals surface area (Å²) in [6.07, 6.45) is 3.53. The molecule has 3 N–H and O–H groups in total. The summed E-state index contributed by atoms with van der Waals surface area (Å²) < 4.78 is 5.66. The number of carbonyl (C=O) groups excluding carboxylic acids is 2. The number of hydrogen-bond acceptors (Lipinski definition) is 4. The van der Waals surface area contributed by atoms with E-state index in [1.54, 1.807) is 0 Å². The summed E-state index contributed by atoms with van der Waals surface area (Å²) in [6.45, 7) is 0.238. The van der Waals surface area contributed by atoms with E-state index < -0.39 is 12.1 Å². The standard InChI is InChI=1S/C27H30N2O5/c30-25(28-17-13-12-16(14-17)26(31)32)22-10-5-11-24(22)29-27(33)34-15-23-20-8-3-1-6-18(20)19-7-2-4-9-21(19)23/h1-4,6-9,16-17,22-24H,5,10-15H2,(H,28,30)(H,29,33)(H,31,32)/t16-,17+,22-,24+/m0/s1. The van der Waals surface area contributed by atoms with Crippen LogP contribution in [0.5, 0.6) is 0 Å². The first-order valence-corrected chi connectivity index (χ1v) is 12.2. The molecule has 3 aliphatic rings. The van der Waals surface area contributed by atoms with Gasteiger partial charge in [-0.1, -0.05) is 55.0 Å². The zero-order valence-electron chi connectivity index (χ0n) is 19.0. The maximum Gasteiger partial charge on any atom is 0.407 e. The average Bonchev–Trinajstić information content (AvgIpc) is 3.56. The van der Waals surface area contributed by atoms with E-state index in [9.17, 15) is 19.5 Å². The van der Waals surface area contributed by atoms with Gasteiger partial charge in [0.05, 0.1) is 11.8 Å². The number of amides is 2. The Labute approximate surface area is 198 Å². The third-order valence-corrected chi connectivity index (χ3v) is 7.63. The fraction of sp³-hybridized carbons (Fsp3) is 0.444. The van der Waals surface area contributed by atoms with Crippen LogP contribution in [0.15, 0.2) is 48.5 Å². The number of nitrogens with one attached hydrogen (secondary N) is 2. The van der Waals surface area contributed by atoms with Gasteiger partial charge in [0.1, 0.15) is 6.61 Å². The second-order valence-electron chi connectivity index (χ2n) is 9.67. The molecule has 5 rings (SSSR count). The van der Waals surface area contributed by atoms with E-state index in [0.717, 1.165) is 24.0 Å². The molecule has 2 aromatic rings. The molecule has 0 spiro atoms. The molecule has 0 bridgehead atoms. The molecule has 34 heavy (non-hydrogen) atoms. The van der Waals surface area contributed by atoms with Gasteiger partial charge in [-0.25, -0.2) is 4.79 Å². The second-order valence-corrected chi connectivity index (χ2v) is 9.67. The number of rotatable bonds is 6. The number of fused-ring (bicyclic) bond motifs is 3. The fourth-order valence-corrected chi connectivity index (χ4v) is 5.88. The first-order chi connectivity index (χ1) is 16.5. The van der Waals surface area contributed by atoms with Crippen LogP contribution in [0, 0.1) is 11.8 Å². The molecule has 0 unspecified atom stereocenters. The maximum absolute atomic E-state index is 12.9. The van der Waals surface area contributed by atoms with Gasteiger partial charge in [0.15, 0.2) is 0 Å². The molecule has 2 amide bonds. The van der Waals surface area contributed by atoms with Gasteiger partial charge in [-0.2, -0.15) is 0 Å². The van der Waals surface area contributed by atoms with Crippen LogP contribution < -0.4 is 10.6 Å². The third-order valence-electron chi connectivity index (χ3n) is 7.63. The maximum atomic E-state index is 12.9. The lowest BCUT2D eigenvalue weighted by Gasteiger charge is -2.23. The van der Waals surface area contributed by atoms with Gasteiger partial charge in [-0.15, -0.1) is 0 Å². The molecule has 7 heteroatoms. The van der Waals surface area contributed by atoms with Crippen LogP contribution in [0.1, 0.15) is 55.6 Å². The van der Waals surface area contributed by atoms with Crippen LogP contribution in [0.4, 0.5) is 4.79 Å². The van der Waals surface area contributed by atoms with Crippen molar-refractivity contribution >= 4 is 18.0 Å². The quantitative estimate of drug-likeness (QED) is 0.600. The molecule has 2 aromatic carbocycles. The van der Waals surface area contributed by atoms with Crippen LogP contribution in [-0.4, -0.2) is 41.8 Å².